The van der Waals surface area contributed by atoms with Gasteiger partial charge in [0.25, 0.3) is 0 Å². The summed E-state index contributed by atoms with van der Waals surface area (Å²) >= 11 is 0. The molecule has 0 heterocycles. The van der Waals surface area contributed by atoms with E-state index in [9.17, 15) is 0 Å². The van der Waals surface area contributed by atoms with Crippen LogP contribution in [-0.2, 0) is 4.74 Å². The highest BCUT2D eigenvalue weighted by Crippen LogP contribution is 2.26. The normalized spacial score (nSPS) is 29.8. The summed E-state index contributed by atoms with van der Waals surface area (Å²) in [7, 11) is 1.84. The van der Waals surface area contributed by atoms with Crippen molar-refractivity contribution in [3.05, 3.63) is 0 Å². The Morgan fingerprint density at radius 1 is 1.12 bits per heavy atom. The van der Waals surface area contributed by atoms with Crippen LogP contribution < -0.4 is 5.32 Å². The summed E-state index contributed by atoms with van der Waals surface area (Å²) in [4.78, 5) is 2.62. The Labute approximate surface area is 106 Å². The lowest BCUT2D eigenvalue weighted by Crippen LogP contribution is -2.40. The molecule has 2 aliphatic rings. The second kappa shape index (κ2) is 6.72. The van der Waals surface area contributed by atoms with Crippen LogP contribution in [0.15, 0.2) is 0 Å². The van der Waals surface area contributed by atoms with E-state index in [1.165, 1.54) is 51.6 Å². The molecule has 17 heavy (non-hydrogen) atoms. The van der Waals surface area contributed by atoms with Crippen LogP contribution in [0.3, 0.4) is 0 Å². The van der Waals surface area contributed by atoms with Crippen molar-refractivity contribution in [1.82, 2.24) is 10.2 Å². The third-order valence-electron chi connectivity index (χ3n) is 4.31. The van der Waals surface area contributed by atoms with Gasteiger partial charge in [0.2, 0.25) is 0 Å². The van der Waals surface area contributed by atoms with E-state index in [2.05, 4.69) is 17.1 Å². The number of nitrogens with zero attached hydrogens (tertiary/aromatic N) is 1. The maximum atomic E-state index is 5.40. The van der Waals surface area contributed by atoms with E-state index in [4.69, 9.17) is 4.74 Å². The Morgan fingerprint density at radius 2 is 1.82 bits per heavy atom. The molecule has 0 aliphatic heterocycles. The Balaban J connectivity index is 1.56. The van der Waals surface area contributed by atoms with Gasteiger partial charge in [0.15, 0.2) is 0 Å². The van der Waals surface area contributed by atoms with Gasteiger partial charge in [-0.3, -0.25) is 4.90 Å². The summed E-state index contributed by atoms with van der Waals surface area (Å²) in [6.45, 7) is 5.88. The SMILES string of the molecule is CCN(CCNC1CCC(OC)CC1)C1CC1. The molecule has 3 heteroatoms. The smallest absolute Gasteiger partial charge is 0.0572 e. The molecule has 0 spiro atoms. The van der Waals surface area contributed by atoms with Crippen LogP contribution in [-0.4, -0.2) is 49.8 Å². The molecule has 2 saturated carbocycles. The fraction of sp³-hybridized carbons (Fsp3) is 1.00. The van der Waals surface area contributed by atoms with Crippen molar-refractivity contribution in [3.63, 3.8) is 0 Å². The molecular formula is C14H28N2O. The quantitative estimate of drug-likeness (QED) is 0.737. The van der Waals surface area contributed by atoms with Crippen LogP contribution in [0.1, 0.15) is 45.4 Å². The van der Waals surface area contributed by atoms with E-state index in [1.807, 2.05) is 7.11 Å². The number of ether oxygens (including phenoxy) is 1. The van der Waals surface area contributed by atoms with E-state index in [1.54, 1.807) is 0 Å². The topological polar surface area (TPSA) is 24.5 Å². The number of likely N-dealkylation sites (N-methyl/N-ethyl adjacent to an activating group) is 1. The van der Waals surface area contributed by atoms with E-state index in [-0.39, 0.29) is 0 Å². The highest BCUT2D eigenvalue weighted by atomic mass is 16.5. The molecular weight excluding hydrogens is 212 g/mol. The second-order valence-electron chi connectivity index (χ2n) is 5.52. The molecule has 2 aliphatic carbocycles. The van der Waals surface area contributed by atoms with Gasteiger partial charge in [-0.25, -0.2) is 0 Å². The van der Waals surface area contributed by atoms with Gasteiger partial charge in [0.05, 0.1) is 6.10 Å². The first-order valence-corrected chi connectivity index (χ1v) is 7.33. The molecule has 1 N–H and O–H groups in total. The molecule has 0 aromatic heterocycles. The lowest BCUT2D eigenvalue weighted by molar-refractivity contribution is 0.0622. The summed E-state index contributed by atoms with van der Waals surface area (Å²) in [5.41, 5.74) is 0. The molecule has 100 valence electrons. The van der Waals surface area contributed by atoms with E-state index < -0.39 is 0 Å². The maximum Gasteiger partial charge on any atom is 0.0572 e. The third-order valence-corrected chi connectivity index (χ3v) is 4.31. The Hall–Kier alpha value is -0.120. The summed E-state index contributed by atoms with van der Waals surface area (Å²) in [6, 6.07) is 1.64. The molecule has 0 radical (unpaired) electrons. The Morgan fingerprint density at radius 3 is 2.35 bits per heavy atom. The average molecular weight is 240 g/mol. The molecule has 2 fully saturated rings. The zero-order valence-electron chi connectivity index (χ0n) is 11.5. The maximum absolute atomic E-state index is 5.40. The molecule has 0 bridgehead atoms. The molecule has 0 unspecified atom stereocenters. The summed E-state index contributed by atoms with van der Waals surface area (Å²) < 4.78 is 5.40. The van der Waals surface area contributed by atoms with E-state index in [0.717, 1.165) is 18.6 Å². The second-order valence-corrected chi connectivity index (χ2v) is 5.52. The minimum absolute atomic E-state index is 0.520. The van der Waals surface area contributed by atoms with Crippen LogP contribution in [0.4, 0.5) is 0 Å². The lowest BCUT2D eigenvalue weighted by Gasteiger charge is -2.29. The van der Waals surface area contributed by atoms with Crippen molar-refractivity contribution in [2.24, 2.45) is 0 Å². The standard InChI is InChI=1S/C14H28N2O/c1-3-16(13-6-7-13)11-10-15-12-4-8-14(17-2)9-5-12/h12-15H,3-11H2,1-2H3. The fourth-order valence-electron chi connectivity index (χ4n) is 2.95. The lowest BCUT2D eigenvalue weighted by atomic mass is 9.93. The average Bonchev–Trinajstić information content (AvgIpc) is 3.20. The number of methoxy groups -OCH3 is 1. The largest absolute Gasteiger partial charge is 0.381 e. The van der Waals surface area contributed by atoms with Gasteiger partial charge in [-0.1, -0.05) is 6.92 Å². The van der Waals surface area contributed by atoms with E-state index in [0.29, 0.717) is 6.10 Å². The summed E-state index contributed by atoms with van der Waals surface area (Å²) in [6.07, 6.45) is 8.40. The number of hydrogen-bond donors (Lipinski definition) is 1. The van der Waals surface area contributed by atoms with Crippen LogP contribution in [0.5, 0.6) is 0 Å². The molecule has 2 rings (SSSR count). The number of hydrogen-bond acceptors (Lipinski definition) is 3. The minimum Gasteiger partial charge on any atom is -0.381 e. The van der Waals surface area contributed by atoms with Crippen molar-refractivity contribution >= 4 is 0 Å². The van der Waals surface area contributed by atoms with Gasteiger partial charge in [0, 0.05) is 32.3 Å². The molecule has 0 aromatic carbocycles. The van der Waals surface area contributed by atoms with E-state index >= 15 is 0 Å². The highest BCUT2D eigenvalue weighted by Gasteiger charge is 2.27. The zero-order chi connectivity index (χ0) is 12.1. The van der Waals surface area contributed by atoms with Gasteiger partial charge < -0.3 is 10.1 Å². The van der Waals surface area contributed by atoms with Gasteiger partial charge in [0.1, 0.15) is 0 Å². The summed E-state index contributed by atoms with van der Waals surface area (Å²) in [5, 5.41) is 3.72. The molecule has 0 aromatic rings. The van der Waals surface area contributed by atoms with Gasteiger partial charge in [-0.05, 0) is 45.1 Å². The van der Waals surface area contributed by atoms with Crippen molar-refractivity contribution in [2.45, 2.75) is 63.6 Å². The Kier molecular flexibility index (Phi) is 5.26. The van der Waals surface area contributed by atoms with Gasteiger partial charge in [-0.15, -0.1) is 0 Å². The number of rotatable bonds is 7. The number of nitrogens with one attached hydrogen (secondary N) is 1. The first-order valence-electron chi connectivity index (χ1n) is 7.33. The Bertz CT molecular complexity index is 210. The predicted molar refractivity (Wildman–Crippen MR) is 71.3 cm³/mol. The van der Waals surface area contributed by atoms with Crippen molar-refractivity contribution in [2.75, 3.05) is 26.7 Å². The van der Waals surface area contributed by atoms with Crippen molar-refractivity contribution in [1.29, 1.82) is 0 Å². The molecule has 0 amide bonds. The monoisotopic (exact) mass is 240 g/mol. The van der Waals surface area contributed by atoms with Gasteiger partial charge in [-0.2, -0.15) is 0 Å². The third kappa shape index (κ3) is 4.23. The van der Waals surface area contributed by atoms with Crippen molar-refractivity contribution < 1.29 is 4.74 Å². The minimum atomic E-state index is 0.520. The first-order chi connectivity index (χ1) is 8.33. The molecule has 0 atom stereocenters. The van der Waals surface area contributed by atoms with Crippen LogP contribution in [0, 0.1) is 0 Å². The molecule has 3 nitrogen and oxygen atoms in total. The van der Waals surface area contributed by atoms with Crippen LogP contribution in [0.2, 0.25) is 0 Å². The highest BCUT2D eigenvalue weighted by molar-refractivity contribution is 4.84. The van der Waals surface area contributed by atoms with Gasteiger partial charge >= 0.3 is 0 Å². The van der Waals surface area contributed by atoms with Crippen LogP contribution in [0.25, 0.3) is 0 Å². The van der Waals surface area contributed by atoms with Crippen LogP contribution >= 0.6 is 0 Å². The molecule has 0 saturated heterocycles. The fourth-order valence-corrected chi connectivity index (χ4v) is 2.95. The summed E-state index contributed by atoms with van der Waals surface area (Å²) in [5.74, 6) is 0. The predicted octanol–water partition coefficient (Wildman–Crippen LogP) is 2.02. The van der Waals surface area contributed by atoms with Crippen molar-refractivity contribution in [3.8, 4) is 0 Å². The first kappa shape index (κ1) is 13.3. The zero-order valence-corrected chi connectivity index (χ0v) is 11.5.